The van der Waals surface area contributed by atoms with Crippen LogP contribution in [0.4, 0.5) is 0 Å². The lowest BCUT2D eigenvalue weighted by Gasteiger charge is -2.29. The van der Waals surface area contributed by atoms with Crippen molar-refractivity contribution in [2.45, 2.75) is 58.9 Å². The minimum absolute atomic E-state index is 0.0542. The van der Waals surface area contributed by atoms with Crippen LogP contribution in [0.3, 0.4) is 0 Å². The van der Waals surface area contributed by atoms with Gasteiger partial charge in [-0.3, -0.25) is 14.6 Å². The average Bonchev–Trinajstić information content (AvgIpc) is 3.44. The molecule has 0 radical (unpaired) electrons. The van der Waals surface area contributed by atoms with E-state index in [1.165, 1.54) is 0 Å². The number of carbonyl (C=O) groups is 2. The van der Waals surface area contributed by atoms with Gasteiger partial charge < -0.3 is 10.2 Å². The average molecular weight is 420 g/mol. The Labute approximate surface area is 185 Å². The van der Waals surface area contributed by atoms with Crippen LogP contribution in [0.2, 0.25) is 0 Å². The summed E-state index contributed by atoms with van der Waals surface area (Å²) in [4.78, 5) is 32.1. The Hall–Kier alpha value is -2.69. The number of benzene rings is 1. The Balaban J connectivity index is 1.52. The molecule has 0 unspecified atom stereocenters. The van der Waals surface area contributed by atoms with Crippen LogP contribution in [0.5, 0.6) is 0 Å². The highest BCUT2D eigenvalue weighted by atomic mass is 16.2. The van der Waals surface area contributed by atoms with E-state index in [1.54, 1.807) is 12.4 Å². The molecular weight excluding hydrogens is 386 g/mol. The predicted octanol–water partition coefficient (Wildman–Crippen LogP) is 4.22. The molecule has 1 saturated heterocycles. The number of amides is 2. The number of nitrogens with one attached hydrogen (secondary N) is 1. The molecule has 5 nitrogen and oxygen atoms in total. The van der Waals surface area contributed by atoms with Crippen LogP contribution in [-0.4, -0.2) is 40.8 Å². The number of nitrogens with zero attached hydrogens (tertiary/aromatic N) is 2. The first-order chi connectivity index (χ1) is 14.7. The van der Waals surface area contributed by atoms with Crippen molar-refractivity contribution in [1.82, 2.24) is 15.2 Å². The van der Waals surface area contributed by atoms with Crippen LogP contribution in [0.25, 0.3) is 11.1 Å². The summed E-state index contributed by atoms with van der Waals surface area (Å²) in [7, 11) is 0. The van der Waals surface area contributed by atoms with E-state index in [9.17, 15) is 9.59 Å². The highest BCUT2D eigenvalue weighted by molar-refractivity contribution is 5.86. The number of pyridine rings is 1. The number of carbonyl (C=O) groups excluding carboxylic acids is 2. The summed E-state index contributed by atoms with van der Waals surface area (Å²) < 4.78 is 0. The van der Waals surface area contributed by atoms with Gasteiger partial charge in [-0.25, -0.2) is 0 Å². The minimum Gasteiger partial charge on any atom is -0.353 e. The van der Waals surface area contributed by atoms with E-state index in [4.69, 9.17) is 0 Å². The lowest BCUT2D eigenvalue weighted by atomic mass is 9.79. The Kier molecular flexibility index (Phi) is 5.87. The molecule has 1 aliphatic carbocycles. The van der Waals surface area contributed by atoms with Crippen LogP contribution in [0, 0.1) is 10.8 Å². The standard InChI is InChI=1S/C26H33N3O2/c1-25(2,3)17-23(30)29-15-12-26(18-29,24(31)28-22-8-9-22)16-19-4-6-20(7-5-19)21-10-13-27-14-11-21/h4-7,10-11,13-14,22H,8-9,12,15-18H2,1-3H3,(H,28,31)/t26-/m0/s1. The molecule has 0 bridgehead atoms. The molecule has 2 aliphatic rings. The zero-order chi connectivity index (χ0) is 22.1. The van der Waals surface area contributed by atoms with Crippen molar-refractivity contribution in [2.75, 3.05) is 13.1 Å². The van der Waals surface area contributed by atoms with Crippen molar-refractivity contribution in [3.05, 3.63) is 54.4 Å². The topological polar surface area (TPSA) is 62.3 Å². The monoisotopic (exact) mass is 419 g/mol. The van der Waals surface area contributed by atoms with Gasteiger partial charge in [-0.15, -0.1) is 0 Å². The predicted molar refractivity (Wildman–Crippen MR) is 122 cm³/mol. The maximum Gasteiger partial charge on any atom is 0.228 e. The summed E-state index contributed by atoms with van der Waals surface area (Å²) >= 11 is 0. The SMILES string of the molecule is CC(C)(C)CC(=O)N1CC[C@@](Cc2ccc(-c3ccncc3)cc2)(C(=O)NC2CC2)C1. The second kappa shape index (κ2) is 8.45. The van der Waals surface area contributed by atoms with Crippen LogP contribution >= 0.6 is 0 Å². The first-order valence-electron chi connectivity index (χ1n) is 11.3. The third-order valence-electron chi connectivity index (χ3n) is 6.29. The Morgan fingerprint density at radius 3 is 2.32 bits per heavy atom. The molecule has 164 valence electrons. The number of hydrogen-bond acceptors (Lipinski definition) is 3. The number of likely N-dealkylation sites (tertiary alicyclic amines) is 1. The molecule has 2 aromatic rings. The van der Waals surface area contributed by atoms with Gasteiger partial charge in [-0.2, -0.15) is 0 Å². The van der Waals surface area contributed by atoms with Crippen LogP contribution in [0.15, 0.2) is 48.8 Å². The van der Waals surface area contributed by atoms with Crippen LogP contribution < -0.4 is 5.32 Å². The highest BCUT2D eigenvalue weighted by Crippen LogP contribution is 2.37. The molecule has 1 aliphatic heterocycles. The normalized spacial score (nSPS) is 21.2. The Morgan fingerprint density at radius 2 is 1.71 bits per heavy atom. The fourth-order valence-corrected chi connectivity index (χ4v) is 4.38. The Morgan fingerprint density at radius 1 is 1.06 bits per heavy atom. The second-order valence-corrected chi connectivity index (χ2v) is 10.4. The maximum absolute atomic E-state index is 13.3. The van der Waals surface area contributed by atoms with Crippen molar-refractivity contribution < 1.29 is 9.59 Å². The Bertz CT molecular complexity index is 929. The van der Waals surface area contributed by atoms with Gasteiger partial charge in [0.15, 0.2) is 0 Å². The van der Waals surface area contributed by atoms with Crippen molar-refractivity contribution >= 4 is 11.8 Å². The largest absolute Gasteiger partial charge is 0.353 e. The second-order valence-electron chi connectivity index (χ2n) is 10.4. The molecular formula is C26H33N3O2. The van der Waals surface area contributed by atoms with E-state index in [0.717, 1.165) is 29.5 Å². The van der Waals surface area contributed by atoms with Gasteiger partial charge in [0.25, 0.3) is 0 Å². The molecule has 2 fully saturated rings. The molecule has 2 heterocycles. The van der Waals surface area contributed by atoms with Gasteiger partial charge in [0.2, 0.25) is 11.8 Å². The van der Waals surface area contributed by atoms with E-state index in [0.29, 0.717) is 38.4 Å². The first-order valence-corrected chi connectivity index (χ1v) is 11.3. The summed E-state index contributed by atoms with van der Waals surface area (Å²) in [6.45, 7) is 7.41. The van der Waals surface area contributed by atoms with E-state index >= 15 is 0 Å². The number of aromatic nitrogens is 1. The smallest absolute Gasteiger partial charge is 0.228 e. The van der Waals surface area contributed by atoms with Gasteiger partial charge in [-0.1, -0.05) is 45.0 Å². The molecule has 2 amide bonds. The molecule has 0 spiro atoms. The lowest BCUT2D eigenvalue weighted by molar-refractivity contribution is -0.134. The minimum atomic E-state index is -0.547. The fourth-order valence-electron chi connectivity index (χ4n) is 4.38. The van der Waals surface area contributed by atoms with Gasteiger partial charge in [0, 0.05) is 37.9 Å². The van der Waals surface area contributed by atoms with Crippen molar-refractivity contribution in [2.24, 2.45) is 10.8 Å². The molecule has 1 atom stereocenters. The quantitative estimate of drug-likeness (QED) is 0.762. The molecule has 1 N–H and O–H groups in total. The van der Waals surface area contributed by atoms with Crippen molar-refractivity contribution in [3.8, 4) is 11.1 Å². The van der Waals surface area contributed by atoms with E-state index in [2.05, 4.69) is 55.3 Å². The van der Waals surface area contributed by atoms with Crippen LogP contribution in [-0.2, 0) is 16.0 Å². The molecule has 31 heavy (non-hydrogen) atoms. The van der Waals surface area contributed by atoms with Crippen molar-refractivity contribution in [1.29, 1.82) is 0 Å². The third kappa shape index (κ3) is 5.33. The summed E-state index contributed by atoms with van der Waals surface area (Å²) in [5, 5.41) is 3.22. The zero-order valence-electron chi connectivity index (χ0n) is 18.9. The zero-order valence-corrected chi connectivity index (χ0v) is 18.9. The number of hydrogen-bond donors (Lipinski definition) is 1. The van der Waals surface area contributed by atoms with E-state index in [1.807, 2.05) is 17.0 Å². The molecule has 1 aromatic heterocycles. The third-order valence-corrected chi connectivity index (χ3v) is 6.29. The fraction of sp³-hybridized carbons (Fsp3) is 0.500. The molecule has 1 saturated carbocycles. The van der Waals surface area contributed by atoms with Crippen molar-refractivity contribution in [3.63, 3.8) is 0 Å². The molecule has 1 aromatic carbocycles. The lowest BCUT2D eigenvalue weighted by Crippen LogP contribution is -2.46. The van der Waals surface area contributed by atoms with Gasteiger partial charge in [0.1, 0.15) is 0 Å². The van der Waals surface area contributed by atoms with E-state index in [-0.39, 0.29) is 17.2 Å². The molecule has 5 heteroatoms. The summed E-state index contributed by atoms with van der Waals surface area (Å²) in [5.74, 6) is 0.265. The summed E-state index contributed by atoms with van der Waals surface area (Å²) in [5.41, 5.74) is 2.79. The van der Waals surface area contributed by atoms with Gasteiger partial charge >= 0.3 is 0 Å². The number of rotatable bonds is 6. The van der Waals surface area contributed by atoms with Gasteiger partial charge in [-0.05, 0) is 59.9 Å². The first kappa shape index (κ1) is 21.5. The summed E-state index contributed by atoms with van der Waals surface area (Å²) in [6, 6.07) is 12.7. The molecule has 4 rings (SSSR count). The van der Waals surface area contributed by atoms with E-state index < -0.39 is 5.41 Å². The van der Waals surface area contributed by atoms with Crippen LogP contribution in [0.1, 0.15) is 52.0 Å². The van der Waals surface area contributed by atoms with Gasteiger partial charge in [0.05, 0.1) is 5.41 Å². The highest BCUT2D eigenvalue weighted by Gasteiger charge is 2.47. The maximum atomic E-state index is 13.3. The summed E-state index contributed by atoms with van der Waals surface area (Å²) in [6.07, 6.45) is 7.59.